The Hall–Kier alpha value is -2.58. The van der Waals surface area contributed by atoms with Gasteiger partial charge in [-0.25, -0.2) is 12.7 Å². The Morgan fingerprint density at radius 3 is 2.42 bits per heavy atom. The number of carbonyl (C=O) groups excluding carboxylic acids is 1. The number of hydrogen-bond donors (Lipinski definition) is 1. The van der Waals surface area contributed by atoms with E-state index in [4.69, 9.17) is 9.47 Å². The van der Waals surface area contributed by atoms with Crippen molar-refractivity contribution in [1.82, 2.24) is 9.62 Å². The van der Waals surface area contributed by atoms with Crippen LogP contribution < -0.4 is 14.8 Å². The molecule has 1 atom stereocenters. The SMILES string of the molecule is COc1ccc(S(=O)(=O)N(C)C)cc1CCC(=O)N[C@@H](C)COc1ccc(C)c(C)c1. The summed E-state index contributed by atoms with van der Waals surface area (Å²) in [5.41, 5.74) is 3.02. The van der Waals surface area contributed by atoms with Crippen LogP contribution >= 0.6 is 0 Å². The summed E-state index contributed by atoms with van der Waals surface area (Å²) >= 11 is 0. The Morgan fingerprint density at radius 2 is 1.81 bits per heavy atom. The van der Waals surface area contributed by atoms with E-state index in [1.165, 1.54) is 32.8 Å². The van der Waals surface area contributed by atoms with E-state index in [-0.39, 0.29) is 23.3 Å². The topological polar surface area (TPSA) is 84.9 Å². The third-order valence-electron chi connectivity index (χ3n) is 5.04. The molecule has 170 valence electrons. The molecule has 0 fully saturated rings. The van der Waals surface area contributed by atoms with Crippen molar-refractivity contribution in [2.24, 2.45) is 0 Å². The average Bonchev–Trinajstić information content (AvgIpc) is 2.72. The molecule has 0 heterocycles. The van der Waals surface area contributed by atoms with Gasteiger partial charge in [-0.1, -0.05) is 6.07 Å². The highest BCUT2D eigenvalue weighted by atomic mass is 32.2. The van der Waals surface area contributed by atoms with E-state index in [0.717, 1.165) is 15.6 Å². The van der Waals surface area contributed by atoms with Crippen molar-refractivity contribution in [3.8, 4) is 11.5 Å². The number of sulfonamides is 1. The van der Waals surface area contributed by atoms with Crippen LogP contribution in [0.15, 0.2) is 41.3 Å². The van der Waals surface area contributed by atoms with Crippen molar-refractivity contribution < 1.29 is 22.7 Å². The molecular formula is C23H32N2O5S. The molecule has 0 saturated carbocycles. The zero-order valence-corrected chi connectivity index (χ0v) is 19.9. The molecule has 1 N–H and O–H groups in total. The number of carbonyl (C=O) groups is 1. The summed E-state index contributed by atoms with van der Waals surface area (Å²) in [6, 6.07) is 10.4. The van der Waals surface area contributed by atoms with Gasteiger partial charge in [-0.3, -0.25) is 4.79 Å². The van der Waals surface area contributed by atoms with Crippen molar-refractivity contribution in [2.45, 2.75) is 44.6 Å². The summed E-state index contributed by atoms with van der Waals surface area (Å²) < 4.78 is 37.0. The molecule has 1 amide bonds. The summed E-state index contributed by atoms with van der Waals surface area (Å²) in [6.45, 7) is 6.31. The second-order valence-electron chi connectivity index (χ2n) is 7.79. The number of methoxy groups -OCH3 is 1. The maximum atomic E-state index is 12.4. The van der Waals surface area contributed by atoms with Gasteiger partial charge in [0.05, 0.1) is 18.0 Å². The van der Waals surface area contributed by atoms with Gasteiger partial charge < -0.3 is 14.8 Å². The summed E-state index contributed by atoms with van der Waals surface area (Å²) in [6.07, 6.45) is 0.562. The van der Waals surface area contributed by atoms with Gasteiger partial charge in [-0.15, -0.1) is 0 Å². The molecule has 2 rings (SSSR count). The molecule has 8 heteroatoms. The lowest BCUT2D eigenvalue weighted by Gasteiger charge is -2.17. The lowest BCUT2D eigenvalue weighted by molar-refractivity contribution is -0.121. The minimum atomic E-state index is -3.56. The number of nitrogens with one attached hydrogen (secondary N) is 1. The van der Waals surface area contributed by atoms with Crippen LogP contribution in [0.4, 0.5) is 0 Å². The van der Waals surface area contributed by atoms with Crippen molar-refractivity contribution in [3.63, 3.8) is 0 Å². The lowest BCUT2D eigenvalue weighted by atomic mass is 10.1. The molecule has 0 saturated heterocycles. The Labute approximate surface area is 185 Å². The molecule has 0 bridgehead atoms. The van der Waals surface area contributed by atoms with Crippen LogP contribution in [0, 0.1) is 13.8 Å². The molecule has 0 spiro atoms. The number of aryl methyl sites for hydroxylation is 3. The highest BCUT2D eigenvalue weighted by Crippen LogP contribution is 2.25. The predicted octanol–water partition coefficient (Wildman–Crippen LogP) is 3.08. The highest BCUT2D eigenvalue weighted by Gasteiger charge is 2.19. The van der Waals surface area contributed by atoms with Crippen molar-refractivity contribution in [2.75, 3.05) is 27.8 Å². The van der Waals surface area contributed by atoms with Crippen molar-refractivity contribution in [3.05, 3.63) is 53.1 Å². The number of ether oxygens (including phenoxy) is 2. The second-order valence-corrected chi connectivity index (χ2v) is 9.94. The van der Waals surface area contributed by atoms with Gasteiger partial charge in [0.25, 0.3) is 0 Å². The standard InChI is InChI=1S/C23H32N2O5S/c1-16-7-9-20(13-17(16)2)30-15-18(3)24-23(26)12-8-19-14-21(10-11-22(19)29-6)31(27,28)25(4)5/h7,9-11,13-14,18H,8,12,15H2,1-6H3,(H,24,26)/t18-/m0/s1. The second kappa shape index (κ2) is 10.6. The van der Waals surface area contributed by atoms with Crippen LogP contribution in [-0.2, 0) is 21.2 Å². The van der Waals surface area contributed by atoms with E-state index >= 15 is 0 Å². The molecule has 0 aliphatic carbocycles. The van der Waals surface area contributed by atoms with Gasteiger partial charge in [-0.05, 0) is 74.2 Å². The van der Waals surface area contributed by atoms with E-state index in [2.05, 4.69) is 5.32 Å². The maximum absolute atomic E-state index is 12.4. The lowest BCUT2D eigenvalue weighted by Crippen LogP contribution is -2.36. The zero-order chi connectivity index (χ0) is 23.2. The minimum absolute atomic E-state index is 0.140. The van der Waals surface area contributed by atoms with Crippen LogP contribution in [0.5, 0.6) is 11.5 Å². The Balaban J connectivity index is 1.94. The molecule has 0 unspecified atom stereocenters. The predicted molar refractivity (Wildman–Crippen MR) is 121 cm³/mol. The Morgan fingerprint density at radius 1 is 1.10 bits per heavy atom. The third kappa shape index (κ3) is 6.70. The zero-order valence-electron chi connectivity index (χ0n) is 19.1. The highest BCUT2D eigenvalue weighted by molar-refractivity contribution is 7.89. The van der Waals surface area contributed by atoms with Crippen LogP contribution in [0.2, 0.25) is 0 Å². The largest absolute Gasteiger partial charge is 0.496 e. The van der Waals surface area contributed by atoms with Gasteiger partial charge in [0, 0.05) is 20.5 Å². The maximum Gasteiger partial charge on any atom is 0.242 e. The molecule has 0 aliphatic rings. The summed E-state index contributed by atoms with van der Waals surface area (Å²) in [5, 5.41) is 2.92. The molecule has 0 aromatic heterocycles. The summed E-state index contributed by atoms with van der Waals surface area (Å²) in [7, 11) is 0.919. The fraction of sp³-hybridized carbons (Fsp3) is 0.435. The first-order valence-electron chi connectivity index (χ1n) is 10.1. The van der Waals surface area contributed by atoms with E-state index in [1.54, 1.807) is 12.1 Å². The van der Waals surface area contributed by atoms with Crippen molar-refractivity contribution in [1.29, 1.82) is 0 Å². The van der Waals surface area contributed by atoms with E-state index in [1.807, 2.05) is 39.0 Å². The van der Waals surface area contributed by atoms with Gasteiger partial charge in [0.15, 0.2) is 0 Å². The van der Waals surface area contributed by atoms with E-state index in [0.29, 0.717) is 24.3 Å². The number of hydrogen-bond acceptors (Lipinski definition) is 5. The molecule has 31 heavy (non-hydrogen) atoms. The van der Waals surface area contributed by atoms with Crippen LogP contribution in [0.25, 0.3) is 0 Å². The van der Waals surface area contributed by atoms with Crippen molar-refractivity contribution >= 4 is 15.9 Å². The monoisotopic (exact) mass is 448 g/mol. The van der Waals surface area contributed by atoms with Gasteiger partial charge in [-0.2, -0.15) is 0 Å². The van der Waals surface area contributed by atoms with Crippen LogP contribution in [0.1, 0.15) is 30.0 Å². The normalized spacial score (nSPS) is 12.5. The van der Waals surface area contributed by atoms with Crippen LogP contribution in [-0.4, -0.2) is 52.5 Å². The van der Waals surface area contributed by atoms with E-state index in [9.17, 15) is 13.2 Å². The summed E-state index contributed by atoms with van der Waals surface area (Å²) in [4.78, 5) is 12.6. The van der Waals surface area contributed by atoms with E-state index < -0.39 is 10.0 Å². The first kappa shape index (κ1) is 24.7. The molecule has 0 radical (unpaired) electrons. The molecule has 7 nitrogen and oxygen atoms in total. The quantitative estimate of drug-likeness (QED) is 0.604. The fourth-order valence-corrected chi connectivity index (χ4v) is 3.94. The Kier molecular flexibility index (Phi) is 8.47. The van der Waals surface area contributed by atoms with Gasteiger partial charge in [0.1, 0.15) is 18.1 Å². The molecular weight excluding hydrogens is 416 g/mol. The molecule has 0 aliphatic heterocycles. The number of nitrogens with zero attached hydrogens (tertiary/aromatic N) is 1. The number of rotatable bonds is 10. The number of benzene rings is 2. The minimum Gasteiger partial charge on any atom is -0.496 e. The first-order chi connectivity index (χ1) is 14.5. The van der Waals surface area contributed by atoms with Crippen LogP contribution in [0.3, 0.4) is 0 Å². The number of amides is 1. The van der Waals surface area contributed by atoms with Gasteiger partial charge >= 0.3 is 0 Å². The Bertz CT molecular complexity index is 1020. The summed E-state index contributed by atoms with van der Waals surface area (Å²) in [5.74, 6) is 1.18. The average molecular weight is 449 g/mol. The first-order valence-corrected chi connectivity index (χ1v) is 11.6. The molecule has 2 aromatic rings. The molecule has 2 aromatic carbocycles. The third-order valence-corrected chi connectivity index (χ3v) is 6.85. The smallest absolute Gasteiger partial charge is 0.242 e. The van der Waals surface area contributed by atoms with Gasteiger partial charge in [0.2, 0.25) is 15.9 Å². The fourth-order valence-electron chi connectivity index (χ4n) is 2.98.